The largest absolute Gasteiger partial charge is 0.355 e. The Hall–Kier alpha value is -2.67. The van der Waals surface area contributed by atoms with Gasteiger partial charge in [-0.3, -0.25) is 14.4 Å². The Kier molecular flexibility index (Phi) is 7.04. The normalized spacial score (nSPS) is 14.3. The van der Waals surface area contributed by atoms with Crippen LogP contribution >= 0.6 is 15.9 Å². The molecule has 0 aliphatic carbocycles. The minimum Gasteiger partial charge on any atom is -0.355 e. The first-order valence-electron chi connectivity index (χ1n) is 9.61. The minimum absolute atomic E-state index is 0.00700. The summed E-state index contributed by atoms with van der Waals surface area (Å²) < 4.78 is 0.938. The molecule has 3 amide bonds. The van der Waals surface area contributed by atoms with Gasteiger partial charge in [-0.05, 0) is 54.8 Å². The summed E-state index contributed by atoms with van der Waals surface area (Å²) in [6, 6.07) is 14.5. The van der Waals surface area contributed by atoms with Gasteiger partial charge in [0.15, 0.2) is 0 Å². The highest BCUT2D eigenvalue weighted by molar-refractivity contribution is 9.10. The van der Waals surface area contributed by atoms with Gasteiger partial charge in [-0.1, -0.05) is 28.1 Å². The number of piperidine rings is 1. The molecule has 0 saturated carbocycles. The second-order valence-electron chi connectivity index (χ2n) is 7.07. The highest BCUT2D eigenvalue weighted by Gasteiger charge is 2.27. The van der Waals surface area contributed by atoms with Crippen molar-refractivity contribution in [2.24, 2.45) is 5.92 Å². The summed E-state index contributed by atoms with van der Waals surface area (Å²) in [6.07, 6.45) is 1.31. The van der Waals surface area contributed by atoms with Crippen LogP contribution in [0.3, 0.4) is 0 Å². The highest BCUT2D eigenvalue weighted by atomic mass is 79.9. The Bertz CT molecular complexity index is 873. The first kappa shape index (κ1) is 21.0. The van der Waals surface area contributed by atoms with Crippen LogP contribution in [0.4, 0.5) is 0 Å². The molecule has 1 aliphatic heterocycles. The van der Waals surface area contributed by atoms with Gasteiger partial charge in [0.1, 0.15) is 0 Å². The summed E-state index contributed by atoms with van der Waals surface area (Å²) in [5, 5.41) is 5.54. The fraction of sp³-hybridized carbons (Fsp3) is 0.318. The molecule has 6 nitrogen and oxygen atoms in total. The summed E-state index contributed by atoms with van der Waals surface area (Å²) in [5.74, 6) is -0.206. The minimum atomic E-state index is -0.134. The predicted octanol–water partition coefficient (Wildman–Crippen LogP) is 2.98. The molecule has 1 aliphatic rings. The van der Waals surface area contributed by atoms with Crippen molar-refractivity contribution in [2.45, 2.75) is 19.4 Å². The molecule has 2 N–H and O–H groups in total. The molecule has 0 radical (unpaired) electrons. The molecule has 1 fully saturated rings. The quantitative estimate of drug-likeness (QED) is 0.724. The van der Waals surface area contributed by atoms with E-state index in [1.54, 1.807) is 31.3 Å². The Balaban J connectivity index is 1.46. The maximum Gasteiger partial charge on any atom is 0.253 e. The van der Waals surface area contributed by atoms with E-state index >= 15 is 0 Å². The van der Waals surface area contributed by atoms with Crippen molar-refractivity contribution in [1.29, 1.82) is 0 Å². The lowest BCUT2D eigenvalue weighted by molar-refractivity contribution is -0.126. The van der Waals surface area contributed by atoms with E-state index < -0.39 is 0 Å². The highest BCUT2D eigenvalue weighted by Crippen LogP contribution is 2.20. The molecule has 1 heterocycles. The van der Waals surface area contributed by atoms with Crippen molar-refractivity contribution in [1.82, 2.24) is 15.5 Å². The number of halogens is 1. The Labute approximate surface area is 178 Å². The summed E-state index contributed by atoms with van der Waals surface area (Å²) in [5.41, 5.74) is 2.19. The molecule has 0 bridgehead atoms. The summed E-state index contributed by atoms with van der Waals surface area (Å²) >= 11 is 3.37. The van der Waals surface area contributed by atoms with E-state index in [1.165, 1.54) is 0 Å². The topological polar surface area (TPSA) is 78.5 Å². The molecule has 3 rings (SSSR count). The number of hydrogen-bond donors (Lipinski definition) is 2. The molecule has 2 aromatic carbocycles. The molecule has 0 unspecified atom stereocenters. The zero-order chi connectivity index (χ0) is 20.8. The number of carbonyl (C=O) groups excluding carboxylic acids is 3. The van der Waals surface area contributed by atoms with Crippen LogP contribution < -0.4 is 10.6 Å². The Morgan fingerprint density at radius 1 is 0.966 bits per heavy atom. The standard InChI is InChI=1S/C22H24BrN3O3/c1-24-20(27)16-4-2-15(3-5-16)14-25-21(28)17-10-12-26(13-11-17)22(29)18-6-8-19(23)9-7-18/h2-9,17H,10-14H2,1H3,(H,24,27)(H,25,28). The van der Waals surface area contributed by atoms with E-state index in [2.05, 4.69) is 26.6 Å². The van der Waals surface area contributed by atoms with Gasteiger partial charge in [-0.15, -0.1) is 0 Å². The third-order valence-electron chi connectivity index (χ3n) is 5.15. The van der Waals surface area contributed by atoms with E-state index in [0.717, 1.165) is 10.0 Å². The van der Waals surface area contributed by atoms with Gasteiger partial charge in [0, 0.05) is 48.2 Å². The smallest absolute Gasteiger partial charge is 0.253 e. The first-order chi connectivity index (χ1) is 14.0. The van der Waals surface area contributed by atoms with Crippen LogP contribution in [0.25, 0.3) is 0 Å². The molecular weight excluding hydrogens is 434 g/mol. The lowest BCUT2D eigenvalue weighted by Gasteiger charge is -2.31. The Morgan fingerprint density at radius 2 is 1.55 bits per heavy atom. The van der Waals surface area contributed by atoms with E-state index in [-0.39, 0.29) is 23.6 Å². The molecule has 29 heavy (non-hydrogen) atoms. The van der Waals surface area contributed by atoms with Crippen LogP contribution in [0.15, 0.2) is 53.0 Å². The number of benzene rings is 2. The van der Waals surface area contributed by atoms with E-state index in [9.17, 15) is 14.4 Å². The van der Waals surface area contributed by atoms with Crippen molar-refractivity contribution in [3.63, 3.8) is 0 Å². The number of hydrogen-bond acceptors (Lipinski definition) is 3. The number of nitrogens with one attached hydrogen (secondary N) is 2. The van der Waals surface area contributed by atoms with Gasteiger partial charge < -0.3 is 15.5 Å². The van der Waals surface area contributed by atoms with Gasteiger partial charge in [-0.25, -0.2) is 0 Å². The average molecular weight is 458 g/mol. The predicted molar refractivity (Wildman–Crippen MR) is 114 cm³/mol. The molecule has 152 valence electrons. The average Bonchev–Trinajstić information content (AvgIpc) is 2.77. The maximum absolute atomic E-state index is 12.6. The monoisotopic (exact) mass is 457 g/mol. The molecule has 7 heteroatoms. The van der Waals surface area contributed by atoms with Crippen LogP contribution in [-0.2, 0) is 11.3 Å². The summed E-state index contributed by atoms with van der Waals surface area (Å²) in [6.45, 7) is 1.58. The van der Waals surface area contributed by atoms with Crippen LogP contribution in [0.1, 0.15) is 39.1 Å². The fourth-order valence-electron chi connectivity index (χ4n) is 3.37. The number of rotatable bonds is 5. The molecular formula is C22H24BrN3O3. The zero-order valence-corrected chi connectivity index (χ0v) is 17.9. The van der Waals surface area contributed by atoms with E-state index in [1.807, 2.05) is 29.2 Å². The van der Waals surface area contributed by atoms with E-state index in [0.29, 0.717) is 43.6 Å². The fourth-order valence-corrected chi connectivity index (χ4v) is 3.64. The second kappa shape index (κ2) is 9.69. The van der Waals surface area contributed by atoms with Gasteiger partial charge in [-0.2, -0.15) is 0 Å². The zero-order valence-electron chi connectivity index (χ0n) is 16.3. The summed E-state index contributed by atoms with van der Waals surface area (Å²) in [7, 11) is 1.59. The summed E-state index contributed by atoms with van der Waals surface area (Å²) in [4.78, 5) is 38.4. The van der Waals surface area contributed by atoms with Crippen molar-refractivity contribution >= 4 is 33.7 Å². The van der Waals surface area contributed by atoms with Crippen LogP contribution in [0.5, 0.6) is 0 Å². The third kappa shape index (κ3) is 5.44. The van der Waals surface area contributed by atoms with Crippen LogP contribution in [0.2, 0.25) is 0 Å². The van der Waals surface area contributed by atoms with Gasteiger partial charge in [0.05, 0.1) is 0 Å². The SMILES string of the molecule is CNC(=O)c1ccc(CNC(=O)C2CCN(C(=O)c3ccc(Br)cc3)CC2)cc1. The van der Waals surface area contributed by atoms with Crippen molar-refractivity contribution in [2.75, 3.05) is 20.1 Å². The maximum atomic E-state index is 12.6. The number of likely N-dealkylation sites (tertiary alicyclic amines) is 1. The van der Waals surface area contributed by atoms with Crippen molar-refractivity contribution in [3.8, 4) is 0 Å². The number of nitrogens with zero attached hydrogens (tertiary/aromatic N) is 1. The number of carbonyl (C=O) groups is 3. The molecule has 2 aromatic rings. The molecule has 0 atom stereocenters. The molecule has 0 spiro atoms. The lowest BCUT2D eigenvalue weighted by Crippen LogP contribution is -2.42. The first-order valence-corrected chi connectivity index (χ1v) is 10.4. The third-order valence-corrected chi connectivity index (χ3v) is 5.68. The molecule has 1 saturated heterocycles. The van der Waals surface area contributed by atoms with Crippen LogP contribution in [0, 0.1) is 5.92 Å². The second-order valence-corrected chi connectivity index (χ2v) is 7.98. The molecule has 0 aromatic heterocycles. The lowest BCUT2D eigenvalue weighted by atomic mass is 9.95. The van der Waals surface area contributed by atoms with Gasteiger partial charge >= 0.3 is 0 Å². The van der Waals surface area contributed by atoms with Crippen molar-refractivity contribution in [3.05, 3.63) is 69.7 Å². The van der Waals surface area contributed by atoms with Gasteiger partial charge in [0.25, 0.3) is 11.8 Å². The van der Waals surface area contributed by atoms with Crippen LogP contribution in [-0.4, -0.2) is 42.8 Å². The van der Waals surface area contributed by atoms with Gasteiger partial charge in [0.2, 0.25) is 5.91 Å². The number of amides is 3. The van der Waals surface area contributed by atoms with E-state index in [4.69, 9.17) is 0 Å². The van der Waals surface area contributed by atoms with Crippen molar-refractivity contribution < 1.29 is 14.4 Å². The Morgan fingerprint density at radius 3 is 2.14 bits per heavy atom.